The molecular formula is C56H49NO. The van der Waals surface area contributed by atoms with Crippen LogP contribution in [0, 0.1) is 0 Å². The first kappa shape index (κ1) is 37.0. The Kier molecular flexibility index (Phi) is 10.0. The van der Waals surface area contributed by atoms with Gasteiger partial charge in [0.25, 0.3) is 0 Å². The molecule has 0 heterocycles. The van der Waals surface area contributed by atoms with Crippen LogP contribution in [0.25, 0.3) is 22.3 Å². The lowest BCUT2D eigenvalue weighted by molar-refractivity contribution is 0.481. The van der Waals surface area contributed by atoms with Crippen molar-refractivity contribution < 1.29 is 4.74 Å². The zero-order valence-electron chi connectivity index (χ0n) is 33.8. The van der Waals surface area contributed by atoms with Gasteiger partial charge in [-0.15, -0.1) is 0 Å². The molecular weight excluding hydrogens is 703 g/mol. The lowest BCUT2D eigenvalue weighted by Crippen LogP contribution is -2.29. The van der Waals surface area contributed by atoms with Crippen molar-refractivity contribution in [3.8, 4) is 33.8 Å². The number of anilines is 3. The summed E-state index contributed by atoms with van der Waals surface area (Å²) in [6, 6.07) is 73.0. The van der Waals surface area contributed by atoms with Crippen molar-refractivity contribution in [3.63, 3.8) is 0 Å². The molecule has 0 fully saturated rings. The number of hydrogen-bond acceptors (Lipinski definition) is 2. The summed E-state index contributed by atoms with van der Waals surface area (Å²) in [5, 5.41) is 0. The largest absolute Gasteiger partial charge is 0.457 e. The highest BCUT2D eigenvalue weighted by Gasteiger charge is 2.46. The van der Waals surface area contributed by atoms with Gasteiger partial charge in [0.05, 0.1) is 5.41 Å². The van der Waals surface area contributed by atoms with Crippen molar-refractivity contribution in [2.75, 3.05) is 4.90 Å². The first-order chi connectivity index (χ1) is 28.4. The number of fused-ring (bicyclic) bond motifs is 3. The monoisotopic (exact) mass is 751 g/mol. The fraction of sp³-hybridized carbons (Fsp3) is 0.143. The van der Waals surface area contributed by atoms with Crippen molar-refractivity contribution in [2.24, 2.45) is 0 Å². The van der Waals surface area contributed by atoms with E-state index in [1.165, 1.54) is 55.6 Å². The van der Waals surface area contributed by atoms with Gasteiger partial charge in [-0.1, -0.05) is 167 Å². The Bertz CT molecular complexity index is 2630. The molecule has 9 rings (SSSR count). The minimum atomic E-state index is -0.576. The maximum Gasteiger partial charge on any atom is 0.127 e. The van der Waals surface area contributed by atoms with Crippen LogP contribution in [0.5, 0.6) is 11.5 Å². The van der Waals surface area contributed by atoms with Crippen molar-refractivity contribution in [1.29, 1.82) is 0 Å². The first-order valence-electron chi connectivity index (χ1n) is 20.7. The van der Waals surface area contributed by atoms with Crippen LogP contribution in [0.2, 0.25) is 0 Å². The van der Waals surface area contributed by atoms with Crippen LogP contribution >= 0.6 is 0 Å². The summed E-state index contributed by atoms with van der Waals surface area (Å²) in [5.41, 5.74) is 15.3. The van der Waals surface area contributed by atoms with Crippen LogP contribution in [-0.4, -0.2) is 0 Å². The molecule has 2 nitrogen and oxygen atoms in total. The van der Waals surface area contributed by atoms with Gasteiger partial charge in [0.15, 0.2) is 0 Å². The third kappa shape index (κ3) is 6.69. The van der Waals surface area contributed by atoms with Gasteiger partial charge in [-0.3, -0.25) is 0 Å². The van der Waals surface area contributed by atoms with E-state index in [-0.39, 0.29) is 0 Å². The predicted molar refractivity (Wildman–Crippen MR) is 243 cm³/mol. The molecule has 0 radical (unpaired) electrons. The summed E-state index contributed by atoms with van der Waals surface area (Å²) in [6.45, 7) is 9.02. The molecule has 58 heavy (non-hydrogen) atoms. The zero-order chi connectivity index (χ0) is 39.6. The van der Waals surface area contributed by atoms with E-state index in [1.807, 2.05) is 0 Å². The fourth-order valence-electron chi connectivity index (χ4n) is 8.78. The van der Waals surface area contributed by atoms with Crippen LogP contribution in [0.3, 0.4) is 0 Å². The van der Waals surface area contributed by atoms with Gasteiger partial charge in [0.1, 0.15) is 11.5 Å². The lowest BCUT2D eigenvalue weighted by atomic mass is 9.67. The van der Waals surface area contributed by atoms with Crippen LogP contribution in [0.4, 0.5) is 17.1 Å². The van der Waals surface area contributed by atoms with E-state index in [1.54, 1.807) is 0 Å². The summed E-state index contributed by atoms with van der Waals surface area (Å²) >= 11 is 0. The molecule has 0 spiro atoms. The van der Waals surface area contributed by atoms with E-state index in [2.05, 4.69) is 233 Å². The Hall–Kier alpha value is -6.64. The second-order valence-corrected chi connectivity index (χ2v) is 15.9. The summed E-state index contributed by atoms with van der Waals surface area (Å²) in [5.74, 6) is 2.62. The number of ether oxygens (including phenoxy) is 1. The molecule has 284 valence electrons. The molecule has 2 unspecified atom stereocenters. The maximum atomic E-state index is 6.46. The fourth-order valence-corrected chi connectivity index (χ4v) is 8.78. The SMILES string of the molecule is CCC(C)c1ccc(Oc2ccc(C3(c4ccc(C(C)C)cc4)c4ccccc4-c4ccc(N(c5ccccc5)c5ccc(-c6ccccc6)cc5)cc43)cc2)cc1. The summed E-state index contributed by atoms with van der Waals surface area (Å²) < 4.78 is 6.46. The van der Waals surface area contributed by atoms with E-state index in [4.69, 9.17) is 4.74 Å². The Morgan fingerprint density at radius 3 is 1.59 bits per heavy atom. The van der Waals surface area contributed by atoms with E-state index >= 15 is 0 Å². The quantitative estimate of drug-likeness (QED) is 0.130. The van der Waals surface area contributed by atoms with Gasteiger partial charge < -0.3 is 9.64 Å². The number of benzene rings is 8. The number of para-hydroxylation sites is 1. The Balaban J connectivity index is 1.20. The molecule has 8 aromatic carbocycles. The van der Waals surface area contributed by atoms with E-state index in [9.17, 15) is 0 Å². The number of nitrogens with zero attached hydrogens (tertiary/aromatic N) is 1. The minimum absolute atomic E-state index is 0.433. The van der Waals surface area contributed by atoms with Gasteiger partial charge in [-0.2, -0.15) is 0 Å². The number of rotatable bonds is 11. The first-order valence-corrected chi connectivity index (χ1v) is 20.7. The van der Waals surface area contributed by atoms with E-state index in [0.29, 0.717) is 11.8 Å². The van der Waals surface area contributed by atoms with Crippen molar-refractivity contribution >= 4 is 17.1 Å². The average Bonchev–Trinajstić information content (AvgIpc) is 3.58. The second kappa shape index (κ2) is 15.7. The van der Waals surface area contributed by atoms with E-state index < -0.39 is 5.41 Å². The average molecular weight is 752 g/mol. The van der Waals surface area contributed by atoms with Gasteiger partial charge in [0.2, 0.25) is 0 Å². The molecule has 2 atom stereocenters. The normalized spacial score (nSPS) is 14.8. The zero-order valence-corrected chi connectivity index (χ0v) is 33.8. The smallest absolute Gasteiger partial charge is 0.127 e. The molecule has 0 saturated heterocycles. The topological polar surface area (TPSA) is 12.5 Å². The molecule has 0 aliphatic heterocycles. The minimum Gasteiger partial charge on any atom is -0.457 e. The molecule has 2 heteroatoms. The molecule has 0 bridgehead atoms. The highest BCUT2D eigenvalue weighted by molar-refractivity contribution is 5.89. The molecule has 0 amide bonds. The summed E-state index contributed by atoms with van der Waals surface area (Å²) in [4.78, 5) is 2.38. The third-order valence-electron chi connectivity index (χ3n) is 12.1. The van der Waals surface area contributed by atoms with Crippen LogP contribution in [0.15, 0.2) is 200 Å². The summed E-state index contributed by atoms with van der Waals surface area (Å²) in [6.07, 6.45) is 1.11. The molecule has 0 aromatic heterocycles. The molecule has 8 aromatic rings. The molecule has 0 N–H and O–H groups in total. The molecule has 1 aliphatic carbocycles. The van der Waals surface area contributed by atoms with Crippen molar-refractivity contribution in [2.45, 2.75) is 51.4 Å². The maximum absolute atomic E-state index is 6.46. The predicted octanol–water partition coefficient (Wildman–Crippen LogP) is 15.6. The Labute approximate surface area is 344 Å². The Morgan fingerprint density at radius 2 is 0.948 bits per heavy atom. The highest BCUT2D eigenvalue weighted by atomic mass is 16.5. The van der Waals surface area contributed by atoms with Crippen molar-refractivity contribution in [1.82, 2.24) is 0 Å². The van der Waals surface area contributed by atoms with Crippen molar-refractivity contribution in [3.05, 3.63) is 234 Å². The third-order valence-corrected chi connectivity index (χ3v) is 12.1. The summed E-state index contributed by atoms with van der Waals surface area (Å²) in [7, 11) is 0. The van der Waals surface area contributed by atoms with Crippen LogP contribution in [-0.2, 0) is 5.41 Å². The second-order valence-electron chi connectivity index (χ2n) is 15.9. The van der Waals surface area contributed by atoms with Gasteiger partial charge in [-0.25, -0.2) is 0 Å². The number of hydrogen-bond donors (Lipinski definition) is 0. The molecule has 0 saturated carbocycles. The van der Waals surface area contributed by atoms with Gasteiger partial charge in [0, 0.05) is 17.1 Å². The lowest BCUT2D eigenvalue weighted by Gasteiger charge is -2.35. The van der Waals surface area contributed by atoms with Gasteiger partial charge in [-0.05, 0) is 135 Å². The van der Waals surface area contributed by atoms with Crippen LogP contribution < -0.4 is 9.64 Å². The van der Waals surface area contributed by atoms with Gasteiger partial charge >= 0.3 is 0 Å². The van der Waals surface area contributed by atoms with Crippen LogP contribution in [0.1, 0.15) is 79.3 Å². The molecule has 1 aliphatic rings. The Morgan fingerprint density at radius 1 is 0.448 bits per heavy atom. The van der Waals surface area contributed by atoms with E-state index in [0.717, 1.165) is 35.0 Å². The highest BCUT2D eigenvalue weighted by Crippen LogP contribution is 2.57. The standard InChI is InChI=1S/C56H49NO/c1-5-40(4)42-24-33-50(34-25-42)58-51-35-28-46(29-36-51)56(45-26-20-41(21-27-45)39(2)3)54-19-13-12-18-52(54)53-37-32-49(38-55(53)56)57(47-16-10-7-11-17-47)48-30-22-44(23-31-48)43-14-8-6-9-15-43/h6-40H,5H2,1-4H3.